The van der Waals surface area contributed by atoms with E-state index in [1.165, 1.54) is 19.2 Å². The van der Waals surface area contributed by atoms with E-state index in [2.05, 4.69) is 0 Å². The average molecular weight is 371 g/mol. The van der Waals surface area contributed by atoms with E-state index in [1.54, 1.807) is 4.90 Å². The first-order valence-corrected chi connectivity index (χ1v) is 8.02. The fraction of sp³-hybridized carbons (Fsp3) is 0.438. The lowest BCUT2D eigenvalue weighted by atomic mass is 9.96. The number of methoxy groups -OCH3 is 1. The quantitative estimate of drug-likeness (QED) is 0.775. The number of likely N-dealkylation sites (tertiary alicyclic amines) is 1. The molecule has 0 saturated carbocycles. The topological polar surface area (TPSA) is 119 Å². The molecule has 3 N–H and O–H groups in total. The molecular formula is C16H19ClN2O6. The van der Waals surface area contributed by atoms with Gasteiger partial charge in [0.15, 0.2) is 18.1 Å². The Morgan fingerprint density at radius 2 is 1.96 bits per heavy atom. The number of hydrogen-bond donors (Lipinski definition) is 2. The number of aliphatic carboxylic acids is 1. The molecule has 2 rings (SSSR count). The molecule has 8 nitrogen and oxygen atoms in total. The summed E-state index contributed by atoms with van der Waals surface area (Å²) >= 11 is 6.14. The van der Waals surface area contributed by atoms with Gasteiger partial charge in [-0.3, -0.25) is 14.4 Å². The van der Waals surface area contributed by atoms with Gasteiger partial charge in [-0.2, -0.15) is 0 Å². The van der Waals surface area contributed by atoms with Gasteiger partial charge >= 0.3 is 5.97 Å². The van der Waals surface area contributed by atoms with E-state index in [1.807, 2.05) is 0 Å². The zero-order valence-corrected chi connectivity index (χ0v) is 14.4. The Bertz CT molecular complexity index is 685. The van der Waals surface area contributed by atoms with Crippen LogP contribution in [0.1, 0.15) is 23.2 Å². The van der Waals surface area contributed by atoms with E-state index in [-0.39, 0.29) is 29.0 Å². The van der Waals surface area contributed by atoms with Crippen molar-refractivity contribution in [1.82, 2.24) is 4.90 Å². The minimum atomic E-state index is -0.840. The van der Waals surface area contributed by atoms with Gasteiger partial charge < -0.3 is 25.2 Å². The summed E-state index contributed by atoms with van der Waals surface area (Å²) in [7, 11) is 1.38. The van der Waals surface area contributed by atoms with Crippen LogP contribution in [0.25, 0.3) is 0 Å². The Hall–Kier alpha value is -2.48. The molecule has 1 aromatic rings. The van der Waals surface area contributed by atoms with Crippen LogP contribution >= 0.6 is 11.6 Å². The van der Waals surface area contributed by atoms with Gasteiger partial charge in [-0.1, -0.05) is 11.6 Å². The SMILES string of the molecule is COc1cc(C(=O)N2CCC(C(=O)O)CC2)cc(Cl)c1OCC(N)=O. The van der Waals surface area contributed by atoms with E-state index in [0.717, 1.165) is 0 Å². The lowest BCUT2D eigenvalue weighted by molar-refractivity contribution is -0.143. The number of carbonyl (C=O) groups is 3. The molecular weight excluding hydrogens is 352 g/mol. The van der Waals surface area contributed by atoms with Crippen LogP contribution < -0.4 is 15.2 Å². The van der Waals surface area contributed by atoms with E-state index >= 15 is 0 Å². The van der Waals surface area contributed by atoms with E-state index < -0.39 is 17.8 Å². The molecule has 0 spiro atoms. The number of carboxylic acids is 1. The Morgan fingerprint density at radius 1 is 1.32 bits per heavy atom. The van der Waals surface area contributed by atoms with Gasteiger partial charge in [-0.25, -0.2) is 0 Å². The molecule has 1 aliphatic heterocycles. The van der Waals surface area contributed by atoms with Gasteiger partial charge in [0.2, 0.25) is 0 Å². The lowest BCUT2D eigenvalue weighted by Gasteiger charge is -2.30. The number of amides is 2. The smallest absolute Gasteiger partial charge is 0.306 e. The number of benzene rings is 1. The first-order chi connectivity index (χ1) is 11.8. The average Bonchev–Trinajstić information content (AvgIpc) is 2.59. The highest BCUT2D eigenvalue weighted by atomic mass is 35.5. The summed E-state index contributed by atoms with van der Waals surface area (Å²) in [6.45, 7) is 0.345. The molecule has 1 heterocycles. The fourth-order valence-corrected chi connectivity index (χ4v) is 2.90. The van der Waals surface area contributed by atoms with Crippen LogP contribution in [0.5, 0.6) is 11.5 Å². The molecule has 1 saturated heterocycles. The maximum atomic E-state index is 12.6. The number of piperidine rings is 1. The summed E-state index contributed by atoms with van der Waals surface area (Å²) in [5.74, 6) is -1.87. The molecule has 0 bridgehead atoms. The van der Waals surface area contributed by atoms with Crippen LogP contribution in [0.4, 0.5) is 0 Å². The van der Waals surface area contributed by atoms with Gasteiger partial charge in [0, 0.05) is 18.7 Å². The Kier molecular flexibility index (Phi) is 6.08. The largest absolute Gasteiger partial charge is 0.493 e. The zero-order valence-electron chi connectivity index (χ0n) is 13.7. The zero-order chi connectivity index (χ0) is 18.6. The van der Waals surface area contributed by atoms with Crippen molar-refractivity contribution in [1.29, 1.82) is 0 Å². The molecule has 1 aliphatic rings. The van der Waals surface area contributed by atoms with E-state index in [9.17, 15) is 14.4 Å². The number of halogens is 1. The second kappa shape index (κ2) is 8.06. The van der Waals surface area contributed by atoms with Crippen molar-refractivity contribution in [3.63, 3.8) is 0 Å². The predicted molar refractivity (Wildman–Crippen MR) is 89.0 cm³/mol. The molecule has 0 aromatic heterocycles. The number of carboxylic acid groups (broad SMARTS) is 1. The fourth-order valence-electron chi connectivity index (χ4n) is 2.64. The molecule has 25 heavy (non-hydrogen) atoms. The van der Waals surface area contributed by atoms with Gasteiger partial charge in [0.05, 0.1) is 18.1 Å². The number of primary amides is 1. The minimum absolute atomic E-state index is 0.115. The summed E-state index contributed by atoms with van der Waals surface area (Å²) in [5.41, 5.74) is 5.33. The first kappa shape index (κ1) is 18.9. The Balaban J connectivity index is 2.16. The van der Waals surface area contributed by atoms with Crippen molar-refractivity contribution in [3.05, 3.63) is 22.7 Å². The second-order valence-corrected chi connectivity index (χ2v) is 6.06. The van der Waals surface area contributed by atoms with Crippen molar-refractivity contribution in [2.45, 2.75) is 12.8 Å². The highest BCUT2D eigenvalue weighted by Crippen LogP contribution is 2.37. The number of nitrogens with zero attached hydrogens (tertiary/aromatic N) is 1. The van der Waals surface area contributed by atoms with Crippen LogP contribution in [0, 0.1) is 5.92 Å². The van der Waals surface area contributed by atoms with Crippen molar-refractivity contribution in [2.75, 3.05) is 26.8 Å². The molecule has 0 aliphatic carbocycles. The van der Waals surface area contributed by atoms with Crippen molar-refractivity contribution >= 4 is 29.4 Å². The summed E-state index contributed by atoms with van der Waals surface area (Å²) in [6, 6.07) is 2.89. The van der Waals surface area contributed by atoms with Crippen LogP contribution in [0.3, 0.4) is 0 Å². The van der Waals surface area contributed by atoms with Gasteiger partial charge in [-0.05, 0) is 25.0 Å². The molecule has 1 aromatic carbocycles. The number of hydrogen-bond acceptors (Lipinski definition) is 5. The maximum Gasteiger partial charge on any atom is 0.306 e. The molecule has 0 radical (unpaired) electrons. The number of nitrogens with two attached hydrogens (primary N) is 1. The van der Waals surface area contributed by atoms with Gasteiger partial charge in [0.25, 0.3) is 11.8 Å². The highest BCUT2D eigenvalue weighted by molar-refractivity contribution is 6.32. The number of ether oxygens (including phenoxy) is 2. The number of carbonyl (C=O) groups excluding carboxylic acids is 2. The Morgan fingerprint density at radius 3 is 2.48 bits per heavy atom. The monoisotopic (exact) mass is 370 g/mol. The molecule has 2 amide bonds. The van der Waals surface area contributed by atoms with Crippen molar-refractivity contribution in [2.24, 2.45) is 11.7 Å². The van der Waals surface area contributed by atoms with Gasteiger partial charge in [0.1, 0.15) is 0 Å². The lowest BCUT2D eigenvalue weighted by Crippen LogP contribution is -2.40. The predicted octanol–water partition coefficient (Wildman–Crippen LogP) is 1.15. The highest BCUT2D eigenvalue weighted by Gasteiger charge is 2.28. The maximum absolute atomic E-state index is 12.6. The summed E-state index contributed by atoms with van der Waals surface area (Å²) in [4.78, 5) is 36.0. The summed E-state index contributed by atoms with van der Waals surface area (Å²) in [6.07, 6.45) is 0.817. The minimum Gasteiger partial charge on any atom is -0.493 e. The van der Waals surface area contributed by atoms with Crippen LogP contribution in [-0.2, 0) is 9.59 Å². The molecule has 136 valence electrons. The first-order valence-electron chi connectivity index (χ1n) is 7.64. The van der Waals surface area contributed by atoms with Crippen molar-refractivity contribution in [3.8, 4) is 11.5 Å². The number of rotatable bonds is 6. The molecule has 0 atom stereocenters. The third kappa shape index (κ3) is 4.54. The van der Waals surface area contributed by atoms with Crippen LogP contribution in [-0.4, -0.2) is 54.6 Å². The van der Waals surface area contributed by atoms with Crippen molar-refractivity contribution < 1.29 is 29.0 Å². The standard InChI is InChI=1S/C16H19ClN2O6/c1-24-12-7-10(6-11(17)14(12)25-8-13(18)20)15(21)19-4-2-9(3-5-19)16(22)23/h6-7,9H,2-5,8H2,1H3,(H2,18,20)(H,22,23). The van der Waals surface area contributed by atoms with E-state index in [0.29, 0.717) is 31.5 Å². The van der Waals surface area contributed by atoms with Gasteiger partial charge in [-0.15, -0.1) is 0 Å². The normalized spacial score (nSPS) is 14.9. The summed E-state index contributed by atoms with van der Waals surface area (Å²) in [5, 5.41) is 9.14. The summed E-state index contributed by atoms with van der Waals surface area (Å²) < 4.78 is 10.4. The molecule has 1 fully saturated rings. The van der Waals surface area contributed by atoms with Crippen LogP contribution in [0.15, 0.2) is 12.1 Å². The Labute approximate surface area is 149 Å². The van der Waals surface area contributed by atoms with Crippen LogP contribution in [0.2, 0.25) is 5.02 Å². The molecule has 9 heteroatoms. The third-order valence-corrected chi connectivity index (χ3v) is 4.25. The van der Waals surface area contributed by atoms with E-state index in [4.69, 9.17) is 31.9 Å². The molecule has 0 unspecified atom stereocenters. The third-order valence-electron chi connectivity index (χ3n) is 3.97. The second-order valence-electron chi connectivity index (χ2n) is 5.65.